The van der Waals surface area contributed by atoms with E-state index in [0.29, 0.717) is 19.3 Å². The van der Waals surface area contributed by atoms with Crippen molar-refractivity contribution in [3.05, 3.63) is 48.6 Å². The highest BCUT2D eigenvalue weighted by Gasteiger charge is 2.47. The molecule has 2 saturated heterocycles. The Kier molecular flexibility index (Phi) is 30.4. The van der Waals surface area contributed by atoms with E-state index in [4.69, 9.17) is 28.4 Å². The summed E-state index contributed by atoms with van der Waals surface area (Å²) in [5, 5.41) is 71.8. The van der Waals surface area contributed by atoms with Crippen molar-refractivity contribution in [2.45, 2.75) is 203 Å². The summed E-state index contributed by atoms with van der Waals surface area (Å²) in [7, 11) is 0. The summed E-state index contributed by atoms with van der Waals surface area (Å²) in [6.07, 6.45) is 17.5. The molecule has 0 radical (unpaired) electrons. The molecule has 0 amide bonds. The monoisotopic (exact) mass is 871 g/mol. The zero-order valence-electron chi connectivity index (χ0n) is 36.6. The van der Waals surface area contributed by atoms with Gasteiger partial charge in [0.25, 0.3) is 0 Å². The molecule has 11 atom stereocenters. The van der Waals surface area contributed by atoms with Crippen molar-refractivity contribution in [2.75, 3.05) is 26.4 Å². The van der Waals surface area contributed by atoms with Gasteiger partial charge in [0.05, 0.1) is 19.8 Å². The van der Waals surface area contributed by atoms with Gasteiger partial charge in [-0.2, -0.15) is 0 Å². The molecule has 0 spiro atoms. The van der Waals surface area contributed by atoms with Crippen LogP contribution in [0.2, 0.25) is 0 Å². The second-order valence-electron chi connectivity index (χ2n) is 15.9. The molecule has 0 aromatic rings. The van der Waals surface area contributed by atoms with Crippen molar-refractivity contribution < 1.29 is 73.8 Å². The minimum absolute atomic E-state index is 0.0440. The lowest BCUT2D eigenvalue weighted by atomic mass is 9.98. The lowest BCUT2D eigenvalue weighted by Crippen LogP contribution is -2.61. The zero-order chi connectivity index (χ0) is 44.7. The minimum atomic E-state index is -1.78. The Balaban J connectivity index is 1.89. The highest BCUT2D eigenvalue weighted by atomic mass is 16.7. The molecular weight excluding hydrogens is 792 g/mol. The number of carbonyl (C=O) groups is 2. The largest absolute Gasteiger partial charge is 0.462 e. The predicted molar refractivity (Wildman–Crippen MR) is 229 cm³/mol. The first-order valence-electron chi connectivity index (χ1n) is 22.7. The topological polar surface area (TPSA) is 231 Å². The first kappa shape index (κ1) is 54.6. The number of hydrogen-bond donors (Lipinski definition) is 7. The van der Waals surface area contributed by atoms with Crippen LogP contribution in [0.4, 0.5) is 0 Å². The molecule has 2 heterocycles. The number of esters is 2. The van der Waals surface area contributed by atoms with Crippen molar-refractivity contribution in [1.82, 2.24) is 0 Å². The summed E-state index contributed by atoms with van der Waals surface area (Å²) in [4.78, 5) is 25.6. The molecule has 7 N–H and O–H groups in total. The van der Waals surface area contributed by atoms with Crippen LogP contribution in [-0.2, 0) is 38.0 Å². The van der Waals surface area contributed by atoms with Crippen LogP contribution in [0, 0.1) is 0 Å². The third kappa shape index (κ3) is 23.1. The molecule has 61 heavy (non-hydrogen) atoms. The smallest absolute Gasteiger partial charge is 0.306 e. The summed E-state index contributed by atoms with van der Waals surface area (Å²) in [5.41, 5.74) is 0. The van der Waals surface area contributed by atoms with Crippen LogP contribution >= 0.6 is 0 Å². The van der Waals surface area contributed by atoms with Crippen molar-refractivity contribution >= 4 is 11.9 Å². The lowest BCUT2D eigenvalue weighted by Gasteiger charge is -2.42. The van der Waals surface area contributed by atoms with Gasteiger partial charge in [-0.3, -0.25) is 9.59 Å². The summed E-state index contributed by atoms with van der Waals surface area (Å²) < 4.78 is 33.3. The van der Waals surface area contributed by atoms with Gasteiger partial charge in [-0.1, -0.05) is 133 Å². The SMILES string of the molecule is CC/C=C\C/C=C\C/C=C\C/C=C\CCC(=O)OC(COC(=O)CCCCCCCCCCCCCC)COC1OC(COC2OC(CO)C(O)C(O)C2O)C(O)C(O)C1O. The van der Waals surface area contributed by atoms with Gasteiger partial charge >= 0.3 is 11.9 Å². The molecule has 2 aliphatic heterocycles. The highest BCUT2D eigenvalue weighted by Crippen LogP contribution is 2.26. The van der Waals surface area contributed by atoms with E-state index in [1.807, 2.05) is 18.2 Å². The number of ether oxygens (including phenoxy) is 6. The van der Waals surface area contributed by atoms with Crippen LogP contribution in [0.15, 0.2) is 48.6 Å². The van der Waals surface area contributed by atoms with E-state index in [1.165, 1.54) is 51.4 Å². The zero-order valence-corrected chi connectivity index (χ0v) is 36.6. The van der Waals surface area contributed by atoms with Crippen LogP contribution in [-0.4, -0.2) is 142 Å². The van der Waals surface area contributed by atoms with Crippen LogP contribution in [0.5, 0.6) is 0 Å². The number of hydrogen-bond acceptors (Lipinski definition) is 15. The molecule has 2 fully saturated rings. The quantitative estimate of drug-likeness (QED) is 0.0268. The maximum Gasteiger partial charge on any atom is 0.306 e. The molecule has 352 valence electrons. The molecule has 0 aliphatic carbocycles. The molecule has 11 unspecified atom stereocenters. The standard InChI is InChI=1S/C46H78O15/c1-3-5-7-9-11-13-15-17-19-21-23-25-27-29-38(49)59-34(31-56-37(48)28-26-24-22-20-18-16-14-12-10-8-6-4-2)32-57-45-44(55)42(53)40(51)36(61-45)33-58-46-43(54)41(52)39(50)35(30-47)60-46/h5,7,11,13,17,19,23,25,34-36,39-47,50-55H,3-4,6,8-10,12,14-16,18,20-22,24,26-33H2,1-2H3/b7-5-,13-11-,19-17-,25-23-. The van der Waals surface area contributed by atoms with E-state index in [-0.39, 0.29) is 19.4 Å². The number of carbonyl (C=O) groups excluding carboxylic acids is 2. The Morgan fingerprint density at radius 2 is 1.03 bits per heavy atom. The Morgan fingerprint density at radius 3 is 1.59 bits per heavy atom. The molecule has 0 saturated carbocycles. The van der Waals surface area contributed by atoms with Crippen molar-refractivity contribution in [2.24, 2.45) is 0 Å². The minimum Gasteiger partial charge on any atom is -0.462 e. The molecule has 0 aromatic heterocycles. The Morgan fingerprint density at radius 1 is 0.541 bits per heavy atom. The summed E-state index contributed by atoms with van der Waals surface area (Å²) in [5.74, 6) is -1.02. The molecule has 0 aromatic carbocycles. The van der Waals surface area contributed by atoms with E-state index in [1.54, 1.807) is 0 Å². The average Bonchev–Trinajstić information content (AvgIpc) is 3.25. The van der Waals surface area contributed by atoms with Gasteiger partial charge in [-0.25, -0.2) is 0 Å². The maximum atomic E-state index is 12.9. The van der Waals surface area contributed by atoms with Gasteiger partial charge in [-0.15, -0.1) is 0 Å². The number of allylic oxidation sites excluding steroid dienone is 8. The van der Waals surface area contributed by atoms with Gasteiger partial charge in [0.15, 0.2) is 18.7 Å². The normalized spacial score (nSPS) is 27.8. The van der Waals surface area contributed by atoms with Gasteiger partial charge in [0.2, 0.25) is 0 Å². The first-order chi connectivity index (χ1) is 29.5. The fourth-order valence-electron chi connectivity index (χ4n) is 6.82. The van der Waals surface area contributed by atoms with E-state index >= 15 is 0 Å². The predicted octanol–water partition coefficient (Wildman–Crippen LogP) is 4.76. The Bertz CT molecular complexity index is 1260. The van der Waals surface area contributed by atoms with Crippen LogP contribution in [0.25, 0.3) is 0 Å². The molecular formula is C46H78O15. The molecule has 0 bridgehead atoms. The third-order valence-corrected chi connectivity index (χ3v) is 10.6. The summed E-state index contributed by atoms with van der Waals surface area (Å²) in [6.45, 7) is 2.36. The summed E-state index contributed by atoms with van der Waals surface area (Å²) in [6, 6.07) is 0. The number of aliphatic hydroxyl groups excluding tert-OH is 7. The average molecular weight is 871 g/mol. The van der Waals surface area contributed by atoms with E-state index < -0.39 is 99.3 Å². The molecule has 2 aliphatic rings. The second-order valence-corrected chi connectivity index (χ2v) is 15.9. The highest BCUT2D eigenvalue weighted by molar-refractivity contribution is 5.70. The maximum absolute atomic E-state index is 12.9. The molecule has 15 nitrogen and oxygen atoms in total. The van der Waals surface area contributed by atoms with E-state index in [0.717, 1.165) is 38.5 Å². The van der Waals surface area contributed by atoms with Crippen molar-refractivity contribution in [3.63, 3.8) is 0 Å². The van der Waals surface area contributed by atoms with Crippen LogP contribution in [0.3, 0.4) is 0 Å². The Labute approximate surface area is 363 Å². The fraction of sp³-hybridized carbons (Fsp3) is 0.783. The summed E-state index contributed by atoms with van der Waals surface area (Å²) >= 11 is 0. The number of aliphatic hydroxyl groups is 7. The molecule has 2 rings (SSSR count). The van der Waals surface area contributed by atoms with Gasteiger partial charge < -0.3 is 64.2 Å². The molecule has 15 heteroatoms. The van der Waals surface area contributed by atoms with Crippen molar-refractivity contribution in [1.29, 1.82) is 0 Å². The van der Waals surface area contributed by atoms with Gasteiger partial charge in [0.1, 0.15) is 55.4 Å². The van der Waals surface area contributed by atoms with Gasteiger partial charge in [-0.05, 0) is 38.5 Å². The third-order valence-electron chi connectivity index (χ3n) is 10.6. The lowest BCUT2D eigenvalue weighted by molar-refractivity contribution is -0.332. The van der Waals surface area contributed by atoms with Crippen molar-refractivity contribution in [3.8, 4) is 0 Å². The van der Waals surface area contributed by atoms with Crippen LogP contribution in [0.1, 0.15) is 136 Å². The van der Waals surface area contributed by atoms with Gasteiger partial charge in [0, 0.05) is 12.8 Å². The number of rotatable bonds is 33. The fourth-order valence-corrected chi connectivity index (χ4v) is 6.82. The van der Waals surface area contributed by atoms with E-state index in [2.05, 4.69) is 44.2 Å². The van der Waals surface area contributed by atoms with Crippen LogP contribution < -0.4 is 0 Å². The number of unbranched alkanes of at least 4 members (excludes halogenated alkanes) is 11. The second kappa shape index (κ2) is 33.9. The first-order valence-corrected chi connectivity index (χ1v) is 22.7. The Hall–Kier alpha value is -2.54. The van der Waals surface area contributed by atoms with E-state index in [9.17, 15) is 45.3 Å².